The van der Waals surface area contributed by atoms with Crippen LogP contribution in [0.15, 0.2) is 94.5 Å². The molecule has 56 heavy (non-hydrogen) atoms. The van der Waals surface area contributed by atoms with Crippen LogP contribution < -0.4 is 10.9 Å². The van der Waals surface area contributed by atoms with Gasteiger partial charge in [0.15, 0.2) is 10.9 Å². The highest BCUT2D eigenvalue weighted by Crippen LogP contribution is 2.37. The van der Waals surface area contributed by atoms with Gasteiger partial charge < -0.3 is 9.13 Å². The molecule has 0 aliphatic rings. The second-order valence-electron chi connectivity index (χ2n) is 19.5. The fraction of sp³-hybridized carbons (Fsp3) is 0.385. The number of fused-ring (bicyclic) bond motifs is 4. The van der Waals surface area contributed by atoms with Crippen LogP contribution in [0.2, 0.25) is 0 Å². The molecule has 2 heterocycles. The molecule has 7 rings (SSSR count). The molecule has 290 valence electrons. The molecule has 7 aromatic rings. The van der Waals surface area contributed by atoms with E-state index in [0.29, 0.717) is 45.2 Å². The Morgan fingerprint density at radius 3 is 0.929 bits per heavy atom. The number of hydrogen-bond acceptors (Lipinski definition) is 2. The third-order valence-corrected chi connectivity index (χ3v) is 11.9. The summed E-state index contributed by atoms with van der Waals surface area (Å²) in [5.41, 5.74) is 12.1. The van der Waals surface area contributed by atoms with Crippen molar-refractivity contribution in [2.45, 2.75) is 131 Å². The van der Waals surface area contributed by atoms with E-state index in [1.54, 1.807) is 0 Å². The zero-order chi connectivity index (χ0) is 40.8. The van der Waals surface area contributed by atoms with Crippen LogP contribution in [0.3, 0.4) is 0 Å². The zero-order valence-electron chi connectivity index (χ0n) is 36.1. The summed E-state index contributed by atoms with van der Waals surface area (Å²) in [5, 5.41) is 2.52. The SMILES string of the molecule is CC(C)c1cc(C(C)C)cc(-n2c3cc(C(C)(C)C)ccc3c(=O)c3cc4c(cc32)c(=O)c2ccc(C(C)(C)C)cc2n4-c2cc(C(C)C)cc(C(C)C)c2)c1. The van der Waals surface area contributed by atoms with Crippen molar-refractivity contribution in [3.05, 3.63) is 139 Å². The second-order valence-corrected chi connectivity index (χ2v) is 19.5. The number of pyridine rings is 2. The molecule has 4 nitrogen and oxygen atoms in total. The molecule has 0 aliphatic carbocycles. The maximum Gasteiger partial charge on any atom is 0.197 e. The molecule has 0 aliphatic heterocycles. The molecular formula is C52H60N2O2. The lowest BCUT2D eigenvalue weighted by molar-refractivity contribution is 0.590. The van der Waals surface area contributed by atoms with E-state index in [1.165, 1.54) is 22.3 Å². The smallest absolute Gasteiger partial charge is 0.197 e. The van der Waals surface area contributed by atoms with Crippen molar-refractivity contribution in [1.82, 2.24) is 9.13 Å². The van der Waals surface area contributed by atoms with Crippen molar-refractivity contribution in [3.63, 3.8) is 0 Å². The minimum atomic E-state index is -0.131. The Labute approximate surface area is 333 Å². The average molecular weight is 745 g/mol. The first-order valence-electron chi connectivity index (χ1n) is 20.6. The highest BCUT2D eigenvalue weighted by Gasteiger charge is 2.24. The number of benzene rings is 5. The number of nitrogens with zero attached hydrogens (tertiary/aromatic N) is 2. The monoisotopic (exact) mass is 744 g/mol. The first-order chi connectivity index (χ1) is 26.1. The van der Waals surface area contributed by atoms with Gasteiger partial charge in [-0.25, -0.2) is 0 Å². The Morgan fingerprint density at radius 2 is 0.661 bits per heavy atom. The summed E-state index contributed by atoms with van der Waals surface area (Å²) in [4.78, 5) is 30.0. The molecule has 0 spiro atoms. The summed E-state index contributed by atoms with van der Waals surface area (Å²) in [6.07, 6.45) is 0. The predicted octanol–water partition coefficient (Wildman–Crippen LogP) is 13.7. The fourth-order valence-corrected chi connectivity index (χ4v) is 8.08. The highest BCUT2D eigenvalue weighted by atomic mass is 16.1. The van der Waals surface area contributed by atoms with E-state index in [0.717, 1.165) is 44.6 Å². The lowest BCUT2D eigenvalue weighted by Gasteiger charge is -2.25. The largest absolute Gasteiger partial charge is 0.309 e. The molecule has 0 unspecified atom stereocenters. The lowest BCUT2D eigenvalue weighted by Crippen LogP contribution is -2.17. The first-order valence-corrected chi connectivity index (χ1v) is 20.6. The summed E-state index contributed by atoms with van der Waals surface area (Å²) >= 11 is 0. The van der Waals surface area contributed by atoms with E-state index in [1.807, 2.05) is 24.3 Å². The van der Waals surface area contributed by atoms with Crippen LogP contribution in [0.25, 0.3) is 55.0 Å². The van der Waals surface area contributed by atoms with Crippen LogP contribution >= 0.6 is 0 Å². The molecule has 2 aromatic heterocycles. The third-order valence-electron chi connectivity index (χ3n) is 11.9. The van der Waals surface area contributed by atoms with Gasteiger partial charge >= 0.3 is 0 Å². The van der Waals surface area contributed by atoms with Gasteiger partial charge in [-0.1, -0.05) is 121 Å². The molecule has 4 heteroatoms. The molecule has 0 saturated carbocycles. The van der Waals surface area contributed by atoms with Crippen molar-refractivity contribution in [1.29, 1.82) is 0 Å². The molecule has 5 aromatic carbocycles. The Bertz CT molecular complexity index is 2560. The van der Waals surface area contributed by atoms with Gasteiger partial charge in [-0.15, -0.1) is 0 Å². The Balaban J connectivity index is 1.75. The van der Waals surface area contributed by atoms with Crippen LogP contribution in [-0.2, 0) is 10.8 Å². The molecule has 0 radical (unpaired) electrons. The van der Waals surface area contributed by atoms with Crippen molar-refractivity contribution in [2.75, 3.05) is 0 Å². The van der Waals surface area contributed by atoms with Crippen LogP contribution in [0.4, 0.5) is 0 Å². The van der Waals surface area contributed by atoms with Gasteiger partial charge in [0.25, 0.3) is 0 Å². The quantitative estimate of drug-likeness (QED) is 0.159. The number of aromatic nitrogens is 2. The highest BCUT2D eigenvalue weighted by molar-refractivity contribution is 6.05. The van der Waals surface area contributed by atoms with Gasteiger partial charge in [0.1, 0.15) is 0 Å². The average Bonchev–Trinajstić information content (AvgIpc) is 3.13. The molecule has 0 atom stereocenters. The summed E-state index contributed by atoms with van der Waals surface area (Å²) in [6, 6.07) is 30.3. The lowest BCUT2D eigenvalue weighted by atomic mass is 9.86. The van der Waals surface area contributed by atoms with Crippen molar-refractivity contribution < 1.29 is 0 Å². The standard InChI is InChI=1S/C52H60N2O2/c1-29(2)33-19-34(30(3)4)22-39(21-33)53-45-25-37(51(9,10)11)15-17-41(45)49(55)43-28-48-44(27-47(43)53)50(56)42-18-16-38(52(12,13)14)26-46(42)54(48)40-23-35(31(5)6)20-36(24-40)32(7)8/h15-32H,1-14H3. The van der Waals surface area contributed by atoms with Crippen LogP contribution in [0.1, 0.15) is 154 Å². The van der Waals surface area contributed by atoms with E-state index in [-0.39, 0.29) is 21.7 Å². The molecule has 0 N–H and O–H groups in total. The Hall–Kier alpha value is -4.96. The summed E-state index contributed by atoms with van der Waals surface area (Å²) in [7, 11) is 0. The maximum absolute atomic E-state index is 15.0. The van der Waals surface area contributed by atoms with Crippen LogP contribution in [-0.4, -0.2) is 9.13 Å². The summed E-state index contributed by atoms with van der Waals surface area (Å²) in [5.74, 6) is 1.24. The minimum Gasteiger partial charge on any atom is -0.309 e. The van der Waals surface area contributed by atoms with Gasteiger partial charge in [-0.05, 0) is 129 Å². The number of hydrogen-bond donors (Lipinski definition) is 0. The van der Waals surface area contributed by atoms with Gasteiger partial charge in [-0.2, -0.15) is 0 Å². The van der Waals surface area contributed by atoms with E-state index < -0.39 is 0 Å². The van der Waals surface area contributed by atoms with Crippen LogP contribution in [0.5, 0.6) is 0 Å². The summed E-state index contributed by atoms with van der Waals surface area (Å²) in [6.45, 7) is 31.1. The molecule has 0 bridgehead atoms. The predicted molar refractivity (Wildman–Crippen MR) is 241 cm³/mol. The molecular weight excluding hydrogens is 685 g/mol. The molecule has 0 fully saturated rings. The fourth-order valence-electron chi connectivity index (χ4n) is 8.08. The van der Waals surface area contributed by atoms with Crippen molar-refractivity contribution >= 4 is 43.6 Å². The van der Waals surface area contributed by atoms with E-state index >= 15 is 0 Å². The maximum atomic E-state index is 15.0. The van der Waals surface area contributed by atoms with Crippen LogP contribution in [0, 0.1) is 0 Å². The zero-order valence-corrected chi connectivity index (χ0v) is 36.1. The van der Waals surface area contributed by atoms with E-state index in [2.05, 4.69) is 167 Å². The van der Waals surface area contributed by atoms with Crippen molar-refractivity contribution in [2.24, 2.45) is 0 Å². The van der Waals surface area contributed by atoms with Gasteiger partial charge in [0.05, 0.1) is 22.1 Å². The Morgan fingerprint density at radius 1 is 0.375 bits per heavy atom. The van der Waals surface area contributed by atoms with Gasteiger partial charge in [0, 0.05) is 32.9 Å². The summed E-state index contributed by atoms with van der Waals surface area (Å²) < 4.78 is 4.51. The topological polar surface area (TPSA) is 44.0 Å². The van der Waals surface area contributed by atoms with Crippen molar-refractivity contribution in [3.8, 4) is 11.4 Å². The second kappa shape index (κ2) is 13.9. The van der Waals surface area contributed by atoms with E-state index in [4.69, 9.17) is 0 Å². The van der Waals surface area contributed by atoms with Gasteiger partial charge in [-0.3, -0.25) is 9.59 Å². The first kappa shape index (κ1) is 39.3. The minimum absolute atomic E-state index is 0.0287. The molecule has 0 amide bonds. The van der Waals surface area contributed by atoms with Gasteiger partial charge in [0.2, 0.25) is 0 Å². The number of rotatable bonds is 6. The Kier molecular flexibility index (Phi) is 9.75. The van der Waals surface area contributed by atoms with E-state index in [9.17, 15) is 9.59 Å². The molecule has 0 saturated heterocycles. The normalized spacial score (nSPS) is 12.9. The third kappa shape index (κ3) is 6.80.